The van der Waals surface area contributed by atoms with Crippen LogP contribution in [0.1, 0.15) is 28.7 Å². The summed E-state index contributed by atoms with van der Waals surface area (Å²) in [6.07, 6.45) is 1.41. The van der Waals surface area contributed by atoms with E-state index in [2.05, 4.69) is 15.1 Å². The maximum absolute atomic E-state index is 12.4. The number of esters is 1. The van der Waals surface area contributed by atoms with Crippen LogP contribution >= 0.6 is 0 Å². The molecule has 2 aromatic heterocycles. The fourth-order valence-corrected chi connectivity index (χ4v) is 3.06. The summed E-state index contributed by atoms with van der Waals surface area (Å²) >= 11 is 0. The molecule has 0 aliphatic carbocycles. The molecule has 0 aliphatic heterocycles. The van der Waals surface area contributed by atoms with Crippen molar-refractivity contribution in [2.24, 2.45) is 0 Å². The summed E-state index contributed by atoms with van der Waals surface area (Å²) < 4.78 is 12.7. The van der Waals surface area contributed by atoms with Gasteiger partial charge in [-0.1, -0.05) is 30.3 Å². The zero-order valence-electron chi connectivity index (χ0n) is 16.4. The van der Waals surface area contributed by atoms with E-state index >= 15 is 0 Å². The molecule has 0 spiro atoms. The van der Waals surface area contributed by atoms with Crippen LogP contribution < -0.4 is 4.74 Å². The molecule has 4 aromatic rings. The molecule has 0 saturated carbocycles. The predicted molar refractivity (Wildman–Crippen MR) is 109 cm³/mol. The Kier molecular flexibility index (Phi) is 4.95. The molecule has 0 atom stereocenters. The van der Waals surface area contributed by atoms with Crippen molar-refractivity contribution >= 4 is 16.7 Å². The van der Waals surface area contributed by atoms with Gasteiger partial charge < -0.3 is 9.47 Å². The highest BCUT2D eigenvalue weighted by Crippen LogP contribution is 2.27. The molecule has 146 valence electrons. The predicted octanol–water partition coefficient (Wildman–Crippen LogP) is 4.40. The summed E-state index contributed by atoms with van der Waals surface area (Å²) in [6.45, 7) is 5.79. The van der Waals surface area contributed by atoms with E-state index in [1.165, 1.54) is 6.20 Å². The summed E-state index contributed by atoms with van der Waals surface area (Å²) in [6, 6.07) is 15.6. The third-order valence-electron chi connectivity index (χ3n) is 4.37. The van der Waals surface area contributed by atoms with Gasteiger partial charge in [-0.05, 0) is 49.7 Å². The van der Waals surface area contributed by atoms with E-state index < -0.39 is 5.97 Å². The van der Waals surface area contributed by atoms with Gasteiger partial charge in [-0.2, -0.15) is 10.1 Å². The monoisotopic (exact) mass is 388 g/mol. The van der Waals surface area contributed by atoms with Crippen LogP contribution in [0, 0.1) is 13.8 Å². The van der Waals surface area contributed by atoms with Gasteiger partial charge in [-0.3, -0.25) is 0 Å². The van der Waals surface area contributed by atoms with Gasteiger partial charge in [0.2, 0.25) is 5.88 Å². The SMILES string of the molecule is CCOC(=O)c1cnc(-n2nc(C)cc2C)nc1Oc1ccc2ccccc2c1. The van der Waals surface area contributed by atoms with Gasteiger partial charge in [-0.15, -0.1) is 0 Å². The lowest BCUT2D eigenvalue weighted by Gasteiger charge is -2.12. The smallest absolute Gasteiger partial charge is 0.345 e. The molecular formula is C22H20N4O3. The van der Waals surface area contributed by atoms with Crippen molar-refractivity contribution in [2.45, 2.75) is 20.8 Å². The molecule has 0 aliphatic rings. The third-order valence-corrected chi connectivity index (χ3v) is 4.37. The number of ether oxygens (including phenoxy) is 2. The Morgan fingerprint density at radius 2 is 1.86 bits per heavy atom. The van der Waals surface area contributed by atoms with E-state index in [9.17, 15) is 4.79 Å². The molecule has 4 rings (SSSR count). The third kappa shape index (κ3) is 3.80. The summed E-state index contributed by atoms with van der Waals surface area (Å²) in [5.41, 5.74) is 1.88. The lowest BCUT2D eigenvalue weighted by molar-refractivity contribution is 0.0522. The number of carbonyl (C=O) groups is 1. The van der Waals surface area contributed by atoms with Gasteiger partial charge in [0, 0.05) is 5.69 Å². The number of carbonyl (C=O) groups excluding carboxylic acids is 1. The molecule has 7 heteroatoms. The van der Waals surface area contributed by atoms with E-state index in [0.29, 0.717) is 11.7 Å². The highest BCUT2D eigenvalue weighted by molar-refractivity contribution is 5.91. The number of aromatic nitrogens is 4. The maximum Gasteiger partial charge on any atom is 0.345 e. The Labute approximate surface area is 167 Å². The van der Waals surface area contributed by atoms with Gasteiger partial charge in [0.05, 0.1) is 18.5 Å². The summed E-state index contributed by atoms with van der Waals surface area (Å²) in [4.78, 5) is 21.1. The second-order valence-corrected chi connectivity index (χ2v) is 6.56. The van der Waals surface area contributed by atoms with Crippen LogP contribution in [0.5, 0.6) is 11.6 Å². The van der Waals surface area contributed by atoms with Gasteiger partial charge in [0.15, 0.2) is 0 Å². The molecule has 0 saturated heterocycles. The molecule has 2 aromatic carbocycles. The number of hydrogen-bond acceptors (Lipinski definition) is 6. The Morgan fingerprint density at radius 1 is 1.07 bits per heavy atom. The average molecular weight is 388 g/mol. The summed E-state index contributed by atoms with van der Waals surface area (Å²) in [5, 5.41) is 6.52. The number of fused-ring (bicyclic) bond motifs is 1. The van der Waals surface area contributed by atoms with Crippen molar-refractivity contribution in [3.8, 4) is 17.6 Å². The molecule has 29 heavy (non-hydrogen) atoms. The number of aryl methyl sites for hydroxylation is 2. The Hall–Kier alpha value is -3.74. The van der Waals surface area contributed by atoms with Crippen LogP contribution in [0.25, 0.3) is 16.7 Å². The highest BCUT2D eigenvalue weighted by Gasteiger charge is 2.20. The molecule has 0 amide bonds. The van der Waals surface area contributed by atoms with Crippen LogP contribution in [0.15, 0.2) is 54.7 Å². The van der Waals surface area contributed by atoms with Crippen molar-refractivity contribution in [3.63, 3.8) is 0 Å². The van der Waals surface area contributed by atoms with Crippen molar-refractivity contribution < 1.29 is 14.3 Å². The fraction of sp³-hybridized carbons (Fsp3) is 0.182. The fourth-order valence-electron chi connectivity index (χ4n) is 3.06. The van der Waals surface area contributed by atoms with Crippen LogP contribution in [-0.2, 0) is 4.74 Å². The maximum atomic E-state index is 12.4. The molecule has 2 heterocycles. The minimum atomic E-state index is -0.539. The number of rotatable bonds is 5. The molecule has 0 bridgehead atoms. The zero-order chi connectivity index (χ0) is 20.4. The van der Waals surface area contributed by atoms with Crippen molar-refractivity contribution in [2.75, 3.05) is 6.61 Å². The first-order valence-corrected chi connectivity index (χ1v) is 9.29. The van der Waals surface area contributed by atoms with E-state index in [1.807, 2.05) is 62.4 Å². The van der Waals surface area contributed by atoms with E-state index in [-0.39, 0.29) is 18.1 Å². The quantitative estimate of drug-likeness (QED) is 0.472. The van der Waals surface area contributed by atoms with Crippen molar-refractivity contribution in [1.29, 1.82) is 0 Å². The van der Waals surface area contributed by atoms with Crippen molar-refractivity contribution in [3.05, 3.63) is 71.7 Å². The van der Waals surface area contributed by atoms with E-state index in [0.717, 1.165) is 22.2 Å². The largest absolute Gasteiger partial charge is 0.462 e. The first kappa shape index (κ1) is 18.6. The second kappa shape index (κ2) is 7.71. The minimum absolute atomic E-state index is 0.122. The Morgan fingerprint density at radius 3 is 2.59 bits per heavy atom. The van der Waals surface area contributed by atoms with Crippen LogP contribution in [0.4, 0.5) is 0 Å². The molecule has 0 unspecified atom stereocenters. The Balaban J connectivity index is 1.77. The van der Waals surface area contributed by atoms with Gasteiger partial charge in [-0.25, -0.2) is 14.5 Å². The molecular weight excluding hydrogens is 368 g/mol. The minimum Gasteiger partial charge on any atom is -0.462 e. The lowest BCUT2D eigenvalue weighted by atomic mass is 10.1. The summed E-state index contributed by atoms with van der Waals surface area (Å²) in [5.74, 6) is 0.464. The van der Waals surface area contributed by atoms with Crippen LogP contribution in [0.3, 0.4) is 0 Å². The van der Waals surface area contributed by atoms with E-state index in [4.69, 9.17) is 9.47 Å². The summed E-state index contributed by atoms with van der Waals surface area (Å²) in [7, 11) is 0. The van der Waals surface area contributed by atoms with E-state index in [1.54, 1.807) is 11.6 Å². The number of hydrogen-bond donors (Lipinski definition) is 0. The number of benzene rings is 2. The van der Waals surface area contributed by atoms with Crippen molar-refractivity contribution in [1.82, 2.24) is 19.7 Å². The first-order valence-electron chi connectivity index (χ1n) is 9.29. The highest BCUT2D eigenvalue weighted by atomic mass is 16.5. The molecule has 7 nitrogen and oxygen atoms in total. The topological polar surface area (TPSA) is 79.1 Å². The van der Waals surface area contributed by atoms with Gasteiger partial charge >= 0.3 is 5.97 Å². The average Bonchev–Trinajstić information content (AvgIpc) is 3.06. The normalized spacial score (nSPS) is 10.9. The molecule has 0 N–H and O–H groups in total. The lowest BCUT2D eigenvalue weighted by Crippen LogP contribution is -2.12. The number of nitrogens with zero attached hydrogens (tertiary/aromatic N) is 4. The molecule has 0 radical (unpaired) electrons. The molecule has 0 fully saturated rings. The van der Waals surface area contributed by atoms with Gasteiger partial charge in [0.25, 0.3) is 5.95 Å². The second-order valence-electron chi connectivity index (χ2n) is 6.56. The zero-order valence-corrected chi connectivity index (χ0v) is 16.4. The Bertz CT molecular complexity index is 1200. The van der Waals surface area contributed by atoms with Crippen LogP contribution in [-0.4, -0.2) is 32.3 Å². The van der Waals surface area contributed by atoms with Gasteiger partial charge in [0.1, 0.15) is 11.3 Å². The standard InChI is InChI=1S/C22H20N4O3/c1-4-28-21(27)19-13-23-22(26-15(3)11-14(2)25-26)24-20(19)29-18-10-9-16-7-5-6-8-17(16)12-18/h5-13H,4H2,1-3H3. The first-order chi connectivity index (χ1) is 14.0. The van der Waals surface area contributed by atoms with Crippen LogP contribution in [0.2, 0.25) is 0 Å².